The number of ether oxygens (including phenoxy) is 1. The van der Waals surface area contributed by atoms with Crippen molar-refractivity contribution in [2.45, 2.75) is 18.9 Å². The van der Waals surface area contributed by atoms with Gasteiger partial charge in [0.2, 0.25) is 0 Å². The molecule has 0 radical (unpaired) electrons. The van der Waals surface area contributed by atoms with Gasteiger partial charge in [-0.2, -0.15) is 0 Å². The molecule has 3 rings (SSSR count). The van der Waals surface area contributed by atoms with E-state index in [0.717, 1.165) is 25.9 Å². The first-order chi connectivity index (χ1) is 12.1. The van der Waals surface area contributed by atoms with E-state index in [1.54, 1.807) is 17.3 Å². The first-order valence-electron chi connectivity index (χ1n) is 8.39. The lowest BCUT2D eigenvalue weighted by atomic mass is 10.0. The molecule has 2 amide bonds. The summed E-state index contributed by atoms with van der Waals surface area (Å²) in [4.78, 5) is 24.7. The van der Waals surface area contributed by atoms with E-state index in [4.69, 9.17) is 4.74 Å². The maximum Gasteiger partial charge on any atom is 0.322 e. The summed E-state index contributed by atoms with van der Waals surface area (Å²) in [6.07, 6.45) is 5.07. The quantitative estimate of drug-likeness (QED) is 0.926. The number of rotatable bonds is 4. The van der Waals surface area contributed by atoms with Crippen LogP contribution in [0.25, 0.3) is 0 Å². The van der Waals surface area contributed by atoms with Crippen molar-refractivity contribution in [1.82, 2.24) is 19.8 Å². The van der Waals surface area contributed by atoms with Gasteiger partial charge in [0.25, 0.3) is 0 Å². The van der Waals surface area contributed by atoms with E-state index in [1.807, 2.05) is 37.4 Å². The summed E-state index contributed by atoms with van der Waals surface area (Å²) < 4.78 is 5.54. The molecule has 0 aliphatic carbocycles. The second-order valence-corrected chi connectivity index (χ2v) is 6.24. The zero-order chi connectivity index (χ0) is 17.6. The average molecular weight is 341 g/mol. The van der Waals surface area contributed by atoms with Gasteiger partial charge in [-0.1, -0.05) is 18.2 Å². The maximum atomic E-state index is 12.4. The Hall–Kier alpha value is -2.67. The number of likely N-dealkylation sites (tertiary alicyclic amines) is 1. The van der Waals surface area contributed by atoms with Crippen LogP contribution in [-0.4, -0.2) is 59.0 Å². The number of hydrogen-bond acceptors (Lipinski definition) is 5. The topological polar surface area (TPSA) is 70.6 Å². The Kier molecular flexibility index (Phi) is 5.45. The molecule has 132 valence electrons. The summed E-state index contributed by atoms with van der Waals surface area (Å²) in [5.74, 6) is 0.668. The number of nitrogens with one attached hydrogen (secondary N) is 1. The van der Waals surface area contributed by atoms with Crippen molar-refractivity contribution in [1.29, 1.82) is 0 Å². The number of benzene rings is 1. The molecular formula is C18H23N5O2. The number of anilines is 1. The normalized spacial score (nSPS) is 15.6. The Labute approximate surface area is 147 Å². The molecule has 1 fully saturated rings. The molecule has 1 saturated heterocycles. The van der Waals surface area contributed by atoms with Crippen molar-refractivity contribution in [2.75, 3.05) is 32.5 Å². The molecule has 2 heterocycles. The van der Waals surface area contributed by atoms with Gasteiger partial charge in [-0.25, -0.2) is 14.8 Å². The molecule has 1 aromatic carbocycles. The second-order valence-electron chi connectivity index (χ2n) is 6.24. The predicted molar refractivity (Wildman–Crippen MR) is 95.8 cm³/mol. The molecule has 0 atom stereocenters. The van der Waals surface area contributed by atoms with Crippen molar-refractivity contribution >= 4 is 11.7 Å². The monoisotopic (exact) mass is 341 g/mol. The van der Waals surface area contributed by atoms with Crippen molar-refractivity contribution in [3.05, 3.63) is 42.7 Å². The SMILES string of the molecule is CN1CCC(N(C)C(=O)Nc2cnc(Oc3ccccc3)nc2)CC1. The number of aromatic nitrogens is 2. The lowest BCUT2D eigenvalue weighted by molar-refractivity contribution is 0.156. The molecule has 0 saturated carbocycles. The minimum Gasteiger partial charge on any atom is -0.424 e. The zero-order valence-electron chi connectivity index (χ0n) is 14.6. The van der Waals surface area contributed by atoms with Crippen LogP contribution < -0.4 is 10.1 Å². The number of hydrogen-bond donors (Lipinski definition) is 1. The van der Waals surface area contributed by atoms with Crippen LogP contribution in [0.15, 0.2) is 42.7 Å². The van der Waals surface area contributed by atoms with E-state index in [-0.39, 0.29) is 18.1 Å². The van der Waals surface area contributed by atoms with Gasteiger partial charge in [-0.3, -0.25) is 0 Å². The Morgan fingerprint density at radius 3 is 2.48 bits per heavy atom. The van der Waals surface area contributed by atoms with E-state index in [2.05, 4.69) is 27.2 Å². The van der Waals surface area contributed by atoms with Crippen molar-refractivity contribution < 1.29 is 9.53 Å². The van der Waals surface area contributed by atoms with Crippen LogP contribution in [0.2, 0.25) is 0 Å². The molecule has 1 aliphatic rings. The number of piperidine rings is 1. The van der Waals surface area contributed by atoms with Crippen molar-refractivity contribution in [2.24, 2.45) is 0 Å². The molecule has 0 spiro atoms. The first-order valence-corrected chi connectivity index (χ1v) is 8.39. The Bertz CT molecular complexity index is 684. The molecule has 25 heavy (non-hydrogen) atoms. The van der Waals surface area contributed by atoms with Crippen LogP contribution in [0.3, 0.4) is 0 Å². The van der Waals surface area contributed by atoms with E-state index < -0.39 is 0 Å². The number of carbonyl (C=O) groups is 1. The van der Waals surface area contributed by atoms with Gasteiger partial charge in [0.05, 0.1) is 18.1 Å². The van der Waals surface area contributed by atoms with E-state index in [0.29, 0.717) is 11.4 Å². The number of para-hydroxylation sites is 1. The van der Waals surface area contributed by atoms with Gasteiger partial charge in [-0.15, -0.1) is 0 Å². The van der Waals surface area contributed by atoms with Crippen LogP contribution in [0.1, 0.15) is 12.8 Å². The Balaban J connectivity index is 1.54. The molecule has 2 aromatic rings. The summed E-state index contributed by atoms with van der Waals surface area (Å²) in [7, 11) is 3.94. The molecule has 1 aliphatic heterocycles. The standard InChI is InChI=1S/C18H23N5O2/c1-22-10-8-15(9-11-22)23(2)18(24)21-14-12-19-17(20-13-14)25-16-6-4-3-5-7-16/h3-7,12-13,15H,8-11H2,1-2H3,(H,21,24). The van der Waals surface area contributed by atoms with Gasteiger partial charge in [0, 0.05) is 13.1 Å². The van der Waals surface area contributed by atoms with Gasteiger partial charge in [0.15, 0.2) is 0 Å². The molecule has 7 nitrogen and oxygen atoms in total. The largest absolute Gasteiger partial charge is 0.424 e. The van der Waals surface area contributed by atoms with Crippen LogP contribution in [0.5, 0.6) is 11.8 Å². The molecule has 0 bridgehead atoms. The van der Waals surface area contributed by atoms with Gasteiger partial charge < -0.3 is 19.9 Å². The molecule has 0 unspecified atom stereocenters. The fraction of sp³-hybridized carbons (Fsp3) is 0.389. The second kappa shape index (κ2) is 7.94. The first kappa shape index (κ1) is 17.2. The molecule has 1 aromatic heterocycles. The third kappa shape index (κ3) is 4.67. The van der Waals surface area contributed by atoms with Crippen LogP contribution in [-0.2, 0) is 0 Å². The smallest absolute Gasteiger partial charge is 0.322 e. The predicted octanol–water partition coefficient (Wildman–Crippen LogP) is 2.83. The summed E-state index contributed by atoms with van der Waals surface area (Å²) >= 11 is 0. The lowest BCUT2D eigenvalue weighted by Gasteiger charge is -2.35. The third-order valence-corrected chi connectivity index (χ3v) is 4.39. The highest BCUT2D eigenvalue weighted by molar-refractivity contribution is 5.89. The molecule has 1 N–H and O–H groups in total. The fourth-order valence-electron chi connectivity index (χ4n) is 2.79. The highest BCUT2D eigenvalue weighted by Crippen LogP contribution is 2.18. The van der Waals surface area contributed by atoms with E-state index in [9.17, 15) is 4.79 Å². The van der Waals surface area contributed by atoms with Gasteiger partial charge in [0.1, 0.15) is 5.75 Å². The van der Waals surface area contributed by atoms with Crippen molar-refractivity contribution in [3.63, 3.8) is 0 Å². The number of amides is 2. The van der Waals surface area contributed by atoms with Gasteiger partial charge in [-0.05, 0) is 45.1 Å². The summed E-state index contributed by atoms with van der Waals surface area (Å²) in [6.45, 7) is 2.02. The maximum absolute atomic E-state index is 12.4. The minimum atomic E-state index is -0.144. The summed E-state index contributed by atoms with van der Waals surface area (Å²) in [6, 6.07) is 9.69. The average Bonchev–Trinajstić information content (AvgIpc) is 2.64. The van der Waals surface area contributed by atoms with E-state index >= 15 is 0 Å². The third-order valence-electron chi connectivity index (χ3n) is 4.39. The van der Waals surface area contributed by atoms with E-state index in [1.165, 1.54) is 0 Å². The zero-order valence-corrected chi connectivity index (χ0v) is 14.6. The Morgan fingerprint density at radius 1 is 1.20 bits per heavy atom. The number of nitrogens with zero attached hydrogens (tertiary/aromatic N) is 4. The number of carbonyl (C=O) groups excluding carboxylic acids is 1. The fourth-order valence-corrected chi connectivity index (χ4v) is 2.79. The summed E-state index contributed by atoms with van der Waals surface area (Å²) in [5.41, 5.74) is 0.546. The highest BCUT2D eigenvalue weighted by Gasteiger charge is 2.24. The van der Waals surface area contributed by atoms with Gasteiger partial charge >= 0.3 is 12.0 Å². The van der Waals surface area contributed by atoms with Crippen LogP contribution >= 0.6 is 0 Å². The van der Waals surface area contributed by atoms with Crippen molar-refractivity contribution in [3.8, 4) is 11.8 Å². The Morgan fingerprint density at radius 2 is 1.84 bits per heavy atom. The molecule has 7 heteroatoms. The minimum absolute atomic E-state index is 0.144. The lowest BCUT2D eigenvalue weighted by Crippen LogP contribution is -2.46. The molecular weight excluding hydrogens is 318 g/mol. The summed E-state index contributed by atoms with van der Waals surface area (Å²) in [5, 5.41) is 2.83. The highest BCUT2D eigenvalue weighted by atomic mass is 16.5. The van der Waals surface area contributed by atoms with Crippen LogP contribution in [0.4, 0.5) is 10.5 Å². The number of urea groups is 1. The van der Waals surface area contributed by atoms with Crippen LogP contribution in [0, 0.1) is 0 Å².